The lowest BCUT2D eigenvalue weighted by atomic mass is 10.1. The van der Waals surface area contributed by atoms with E-state index in [0.29, 0.717) is 6.42 Å². The maximum absolute atomic E-state index is 12.0. The molecule has 2 aromatic rings. The fourth-order valence-corrected chi connectivity index (χ4v) is 2.15. The smallest absolute Gasteiger partial charge is 0.228 e. The van der Waals surface area contributed by atoms with Crippen molar-refractivity contribution >= 4 is 27.5 Å². The van der Waals surface area contributed by atoms with Crippen molar-refractivity contribution < 1.29 is 9.53 Å². The van der Waals surface area contributed by atoms with Gasteiger partial charge in [-0.1, -0.05) is 40.2 Å². The van der Waals surface area contributed by atoms with E-state index in [4.69, 9.17) is 4.74 Å². The third-order valence-electron chi connectivity index (χ3n) is 2.66. The Balaban J connectivity index is 2.03. The average molecular weight is 320 g/mol. The lowest BCUT2D eigenvalue weighted by Gasteiger charge is -2.08. The first kappa shape index (κ1) is 13.6. The van der Waals surface area contributed by atoms with Gasteiger partial charge in [0.2, 0.25) is 5.91 Å². The number of amides is 1. The number of carbonyl (C=O) groups excluding carboxylic acids is 1. The van der Waals surface area contributed by atoms with Crippen molar-refractivity contribution in [3.8, 4) is 5.75 Å². The van der Waals surface area contributed by atoms with Crippen molar-refractivity contribution in [3.05, 3.63) is 58.6 Å². The topological polar surface area (TPSA) is 38.3 Å². The third kappa shape index (κ3) is 3.83. The highest BCUT2D eigenvalue weighted by Crippen LogP contribution is 2.19. The van der Waals surface area contributed by atoms with Gasteiger partial charge in [0.15, 0.2) is 0 Å². The van der Waals surface area contributed by atoms with Gasteiger partial charge in [-0.15, -0.1) is 0 Å². The van der Waals surface area contributed by atoms with Crippen LogP contribution in [0.3, 0.4) is 0 Å². The van der Waals surface area contributed by atoms with Gasteiger partial charge in [0.05, 0.1) is 13.5 Å². The van der Waals surface area contributed by atoms with E-state index in [-0.39, 0.29) is 5.91 Å². The lowest BCUT2D eigenvalue weighted by molar-refractivity contribution is -0.115. The molecule has 2 rings (SSSR count). The van der Waals surface area contributed by atoms with Crippen LogP contribution in [-0.4, -0.2) is 13.0 Å². The molecule has 0 fully saturated rings. The van der Waals surface area contributed by atoms with Gasteiger partial charge in [-0.25, -0.2) is 0 Å². The van der Waals surface area contributed by atoms with E-state index in [1.807, 2.05) is 42.5 Å². The predicted molar refractivity (Wildman–Crippen MR) is 79.5 cm³/mol. The maximum Gasteiger partial charge on any atom is 0.228 e. The van der Waals surface area contributed by atoms with Crippen molar-refractivity contribution in [1.82, 2.24) is 0 Å². The number of rotatable bonds is 4. The van der Waals surface area contributed by atoms with Gasteiger partial charge in [-0.3, -0.25) is 4.79 Å². The van der Waals surface area contributed by atoms with E-state index >= 15 is 0 Å². The Bertz CT molecular complexity index is 584. The molecule has 0 bridgehead atoms. The van der Waals surface area contributed by atoms with E-state index in [1.54, 1.807) is 13.2 Å². The minimum atomic E-state index is -0.0554. The van der Waals surface area contributed by atoms with E-state index in [1.165, 1.54) is 0 Å². The van der Waals surface area contributed by atoms with Crippen LogP contribution >= 0.6 is 15.9 Å². The van der Waals surface area contributed by atoms with Gasteiger partial charge >= 0.3 is 0 Å². The molecule has 2 aromatic carbocycles. The minimum Gasteiger partial charge on any atom is -0.497 e. The molecule has 98 valence electrons. The van der Waals surface area contributed by atoms with Crippen LogP contribution in [-0.2, 0) is 11.2 Å². The zero-order chi connectivity index (χ0) is 13.7. The molecule has 0 aliphatic heterocycles. The number of halogens is 1. The average Bonchev–Trinajstić information content (AvgIpc) is 2.41. The summed E-state index contributed by atoms with van der Waals surface area (Å²) in [5.74, 6) is 0.666. The van der Waals surface area contributed by atoms with Crippen LogP contribution in [0.1, 0.15) is 5.56 Å². The van der Waals surface area contributed by atoms with Crippen LogP contribution in [0.25, 0.3) is 0 Å². The molecule has 0 radical (unpaired) electrons. The number of hydrogen-bond donors (Lipinski definition) is 1. The van der Waals surface area contributed by atoms with E-state index in [9.17, 15) is 4.79 Å². The van der Waals surface area contributed by atoms with Gasteiger partial charge < -0.3 is 10.1 Å². The molecule has 19 heavy (non-hydrogen) atoms. The summed E-state index contributed by atoms with van der Waals surface area (Å²) < 4.78 is 6.06. The summed E-state index contributed by atoms with van der Waals surface area (Å²) in [6.07, 6.45) is 0.332. The van der Waals surface area contributed by atoms with Crippen LogP contribution in [0.5, 0.6) is 5.75 Å². The van der Waals surface area contributed by atoms with Crippen LogP contribution in [0, 0.1) is 0 Å². The third-order valence-corrected chi connectivity index (χ3v) is 3.44. The Labute approximate surface area is 120 Å². The number of benzene rings is 2. The van der Waals surface area contributed by atoms with Crippen molar-refractivity contribution in [1.29, 1.82) is 0 Å². The minimum absolute atomic E-state index is 0.0554. The van der Waals surface area contributed by atoms with Crippen LogP contribution in [0.15, 0.2) is 53.0 Å². The van der Waals surface area contributed by atoms with Gasteiger partial charge in [-0.05, 0) is 23.8 Å². The molecular formula is C15H14BrNO2. The van der Waals surface area contributed by atoms with Crippen LogP contribution in [0.2, 0.25) is 0 Å². The Morgan fingerprint density at radius 1 is 1.21 bits per heavy atom. The van der Waals surface area contributed by atoms with Crippen LogP contribution in [0.4, 0.5) is 5.69 Å². The quantitative estimate of drug-likeness (QED) is 0.934. The number of anilines is 1. The molecule has 1 amide bonds. The van der Waals surface area contributed by atoms with E-state index in [0.717, 1.165) is 21.5 Å². The number of ether oxygens (including phenoxy) is 1. The zero-order valence-corrected chi connectivity index (χ0v) is 12.1. The highest BCUT2D eigenvalue weighted by molar-refractivity contribution is 9.10. The van der Waals surface area contributed by atoms with Crippen LogP contribution < -0.4 is 10.1 Å². The molecule has 0 aromatic heterocycles. The molecule has 0 aliphatic rings. The molecule has 3 nitrogen and oxygen atoms in total. The van der Waals surface area contributed by atoms with Crippen molar-refractivity contribution in [2.24, 2.45) is 0 Å². The van der Waals surface area contributed by atoms with Gasteiger partial charge in [0.1, 0.15) is 5.75 Å². The molecule has 0 unspecified atom stereocenters. The SMILES string of the molecule is COc1cccc(NC(=O)Cc2ccccc2Br)c1. The summed E-state index contributed by atoms with van der Waals surface area (Å²) in [4.78, 5) is 12.0. The van der Waals surface area contributed by atoms with E-state index < -0.39 is 0 Å². The molecule has 0 spiro atoms. The normalized spacial score (nSPS) is 10.0. The fourth-order valence-electron chi connectivity index (χ4n) is 1.72. The fraction of sp³-hybridized carbons (Fsp3) is 0.133. The summed E-state index contributed by atoms with van der Waals surface area (Å²) in [5.41, 5.74) is 1.69. The number of nitrogens with one attached hydrogen (secondary N) is 1. The first-order chi connectivity index (χ1) is 9.19. The van der Waals surface area contributed by atoms with Gasteiger partial charge in [-0.2, -0.15) is 0 Å². The standard InChI is InChI=1S/C15H14BrNO2/c1-19-13-7-4-6-12(10-13)17-15(18)9-11-5-2-3-8-14(11)16/h2-8,10H,9H2,1H3,(H,17,18). The molecule has 0 saturated carbocycles. The summed E-state index contributed by atoms with van der Waals surface area (Å²) in [6, 6.07) is 15.0. The zero-order valence-electron chi connectivity index (χ0n) is 10.5. The Morgan fingerprint density at radius 2 is 2.00 bits per heavy atom. The highest BCUT2D eigenvalue weighted by atomic mass is 79.9. The number of methoxy groups -OCH3 is 1. The summed E-state index contributed by atoms with van der Waals surface area (Å²) in [7, 11) is 1.60. The maximum atomic E-state index is 12.0. The second-order valence-electron chi connectivity index (χ2n) is 4.05. The second-order valence-corrected chi connectivity index (χ2v) is 4.90. The Morgan fingerprint density at radius 3 is 2.74 bits per heavy atom. The Kier molecular flexibility index (Phi) is 4.58. The Hall–Kier alpha value is -1.81. The lowest BCUT2D eigenvalue weighted by Crippen LogP contribution is -2.14. The molecule has 4 heteroatoms. The number of hydrogen-bond acceptors (Lipinski definition) is 2. The summed E-state index contributed by atoms with van der Waals surface area (Å²) >= 11 is 3.43. The first-order valence-corrected chi connectivity index (χ1v) is 6.65. The molecule has 0 atom stereocenters. The number of carbonyl (C=O) groups is 1. The molecular weight excluding hydrogens is 306 g/mol. The van der Waals surface area contributed by atoms with Crippen molar-refractivity contribution in [2.75, 3.05) is 12.4 Å². The van der Waals surface area contributed by atoms with E-state index in [2.05, 4.69) is 21.2 Å². The van der Waals surface area contributed by atoms with Crippen molar-refractivity contribution in [2.45, 2.75) is 6.42 Å². The summed E-state index contributed by atoms with van der Waals surface area (Å²) in [6.45, 7) is 0. The predicted octanol–water partition coefficient (Wildman–Crippen LogP) is 3.64. The molecule has 0 aliphatic carbocycles. The van der Waals surface area contributed by atoms with Gasteiger partial charge in [0.25, 0.3) is 0 Å². The second kappa shape index (κ2) is 6.38. The van der Waals surface area contributed by atoms with Crippen molar-refractivity contribution in [3.63, 3.8) is 0 Å². The molecule has 0 saturated heterocycles. The monoisotopic (exact) mass is 319 g/mol. The molecule has 1 N–H and O–H groups in total. The first-order valence-electron chi connectivity index (χ1n) is 5.86. The molecule has 0 heterocycles. The largest absolute Gasteiger partial charge is 0.497 e. The summed E-state index contributed by atoms with van der Waals surface area (Å²) in [5, 5.41) is 2.85. The van der Waals surface area contributed by atoms with Gasteiger partial charge in [0, 0.05) is 16.2 Å². The highest BCUT2D eigenvalue weighted by Gasteiger charge is 2.07.